The summed E-state index contributed by atoms with van der Waals surface area (Å²) in [5.74, 6) is 4.84. The van der Waals surface area contributed by atoms with Crippen LogP contribution in [0.3, 0.4) is 0 Å². The molecule has 8 bridgehead atoms. The van der Waals surface area contributed by atoms with Crippen LogP contribution in [0.1, 0.15) is 124 Å². The summed E-state index contributed by atoms with van der Waals surface area (Å²) in [5.41, 5.74) is -0.463. The minimum atomic E-state index is -3.18. The molecule has 2 unspecified atom stereocenters. The second kappa shape index (κ2) is 14.2. The number of urea groups is 2. The summed E-state index contributed by atoms with van der Waals surface area (Å²) < 4.78 is 30.4. The highest BCUT2D eigenvalue weighted by molar-refractivity contribution is 7.88. The Balaban J connectivity index is 0.000000160. The molecular formula is C38H64N6O6S. The normalized spacial score (nSPS) is 39.8. The fourth-order valence-corrected chi connectivity index (χ4v) is 13.3. The number of sulfonamides is 1. The Kier molecular flexibility index (Phi) is 10.3. The number of amides is 5. The maximum absolute atomic E-state index is 12.7. The van der Waals surface area contributed by atoms with Gasteiger partial charge in [0.2, 0.25) is 10.0 Å². The van der Waals surface area contributed by atoms with Gasteiger partial charge in [0.05, 0.1) is 6.26 Å². The molecule has 2 aliphatic heterocycles. The van der Waals surface area contributed by atoms with Crippen LogP contribution in [-0.4, -0.2) is 97.0 Å². The average molecular weight is 733 g/mol. The maximum atomic E-state index is 12.7. The summed E-state index contributed by atoms with van der Waals surface area (Å²) in [6.45, 7) is 7.82. The molecule has 2 heterocycles. The lowest BCUT2D eigenvalue weighted by Gasteiger charge is -2.56. The number of carbonyl (C=O) groups excluding carboxylic acids is 3. The third kappa shape index (κ3) is 9.10. The van der Waals surface area contributed by atoms with E-state index in [-0.39, 0.29) is 41.3 Å². The Morgan fingerprint density at radius 2 is 1.04 bits per heavy atom. The lowest BCUT2D eigenvalue weighted by Crippen LogP contribution is -2.63. The second-order valence-corrected chi connectivity index (χ2v) is 21.3. The quantitative estimate of drug-likeness (QED) is 0.300. The van der Waals surface area contributed by atoms with E-state index in [1.165, 1.54) is 49.1 Å². The van der Waals surface area contributed by atoms with E-state index in [0.29, 0.717) is 26.2 Å². The number of ether oxygens (including phenoxy) is 1. The summed E-state index contributed by atoms with van der Waals surface area (Å²) >= 11 is 0. The van der Waals surface area contributed by atoms with E-state index in [9.17, 15) is 22.8 Å². The zero-order chi connectivity index (χ0) is 36.2. The van der Waals surface area contributed by atoms with Crippen LogP contribution in [0, 0.1) is 35.5 Å². The fourth-order valence-electron chi connectivity index (χ4n) is 12.4. The van der Waals surface area contributed by atoms with Gasteiger partial charge in [0.25, 0.3) is 0 Å². The highest BCUT2D eigenvalue weighted by atomic mass is 32.2. The molecule has 8 aliphatic carbocycles. The standard InChI is InChI=1S/C21H35N3O3.C17H29N3O3S/c1-20(2,3)27-19(26)24-6-4-5-17(13-24)22-18(25)23-21-10-14-7-15(11-21)9-16(8-14)12-21;1-24(22,23)20-4-2-3-15(11-20)18-16(21)19-17-8-12-5-13(9-17)7-14(6-12)10-17/h14-17H,4-13H2,1-3H3,(H2,22,23,25);12-15H,2-11H2,1H3,(H2,18,19,21). The number of carbonyl (C=O) groups is 3. The molecular weight excluding hydrogens is 669 g/mol. The first-order valence-corrected chi connectivity index (χ1v) is 22.0. The van der Waals surface area contributed by atoms with Crippen LogP contribution in [0.5, 0.6) is 0 Å². The molecule has 288 valence electrons. The Labute approximate surface area is 305 Å². The first-order valence-electron chi connectivity index (χ1n) is 20.1. The van der Waals surface area contributed by atoms with Crippen LogP contribution < -0.4 is 21.3 Å². The predicted molar refractivity (Wildman–Crippen MR) is 195 cm³/mol. The Bertz CT molecular complexity index is 1360. The van der Waals surface area contributed by atoms with Gasteiger partial charge in [-0.3, -0.25) is 0 Å². The van der Waals surface area contributed by atoms with Gasteiger partial charge in [-0.15, -0.1) is 0 Å². The van der Waals surface area contributed by atoms with E-state index in [0.717, 1.165) is 99.7 Å². The van der Waals surface area contributed by atoms with Crippen molar-refractivity contribution in [3.63, 3.8) is 0 Å². The van der Waals surface area contributed by atoms with E-state index in [4.69, 9.17) is 4.74 Å². The summed E-state index contributed by atoms with van der Waals surface area (Å²) in [6.07, 6.45) is 19.4. The van der Waals surface area contributed by atoms with Gasteiger partial charge < -0.3 is 30.9 Å². The molecule has 12 nitrogen and oxygen atoms in total. The number of piperidine rings is 2. The average Bonchev–Trinajstić information content (AvgIpc) is 2.98. The molecule has 2 saturated heterocycles. The highest BCUT2D eigenvalue weighted by Crippen LogP contribution is 2.56. The number of likely N-dealkylation sites (tertiary alicyclic amines) is 1. The SMILES string of the molecule is CC(C)(C)OC(=O)N1CCCC(NC(=O)NC23CC4CC(CC(C4)C2)C3)C1.CS(=O)(=O)N1CCCC(NC(=O)NC23CC4CC(CC(C4)C2)C3)C1. The minimum Gasteiger partial charge on any atom is -0.444 e. The Morgan fingerprint density at radius 3 is 1.43 bits per heavy atom. The van der Waals surface area contributed by atoms with Crippen molar-refractivity contribution in [1.29, 1.82) is 0 Å². The molecule has 0 radical (unpaired) electrons. The molecule has 0 aromatic carbocycles. The van der Waals surface area contributed by atoms with Gasteiger partial charge in [0, 0.05) is 49.3 Å². The van der Waals surface area contributed by atoms with E-state index >= 15 is 0 Å². The monoisotopic (exact) mass is 732 g/mol. The lowest BCUT2D eigenvalue weighted by molar-refractivity contribution is -0.0141. The van der Waals surface area contributed by atoms with Crippen molar-refractivity contribution in [2.75, 3.05) is 32.4 Å². The van der Waals surface area contributed by atoms with E-state index in [2.05, 4.69) is 21.3 Å². The molecule has 2 atom stereocenters. The first kappa shape index (κ1) is 37.1. The molecule has 13 heteroatoms. The van der Waals surface area contributed by atoms with Gasteiger partial charge in [-0.2, -0.15) is 0 Å². The van der Waals surface area contributed by atoms with Gasteiger partial charge in [-0.25, -0.2) is 27.1 Å². The first-order chi connectivity index (χ1) is 24.0. The van der Waals surface area contributed by atoms with Crippen molar-refractivity contribution >= 4 is 28.2 Å². The topological polar surface area (TPSA) is 149 Å². The number of nitrogens with one attached hydrogen (secondary N) is 4. The summed E-state index contributed by atoms with van der Waals surface area (Å²) in [5, 5.41) is 12.9. The summed E-state index contributed by atoms with van der Waals surface area (Å²) in [4.78, 5) is 39.4. The molecule has 8 saturated carbocycles. The Morgan fingerprint density at radius 1 is 0.647 bits per heavy atom. The molecule has 51 heavy (non-hydrogen) atoms. The van der Waals surface area contributed by atoms with Crippen LogP contribution in [0.2, 0.25) is 0 Å². The number of nitrogens with zero attached hydrogens (tertiary/aromatic N) is 2. The van der Waals surface area contributed by atoms with Crippen molar-refractivity contribution in [3.8, 4) is 0 Å². The van der Waals surface area contributed by atoms with Gasteiger partial charge in [0.15, 0.2) is 0 Å². The molecule has 10 rings (SSSR count). The zero-order valence-electron chi connectivity index (χ0n) is 31.5. The van der Waals surface area contributed by atoms with Crippen LogP contribution in [0.25, 0.3) is 0 Å². The summed E-state index contributed by atoms with van der Waals surface area (Å²) in [7, 11) is -3.18. The van der Waals surface area contributed by atoms with Crippen molar-refractivity contribution in [2.45, 2.75) is 152 Å². The molecule has 5 amide bonds. The smallest absolute Gasteiger partial charge is 0.410 e. The lowest BCUT2D eigenvalue weighted by atomic mass is 9.53. The van der Waals surface area contributed by atoms with E-state index in [1.54, 1.807) is 4.90 Å². The van der Waals surface area contributed by atoms with Crippen LogP contribution >= 0.6 is 0 Å². The highest BCUT2D eigenvalue weighted by Gasteiger charge is 2.53. The minimum absolute atomic E-state index is 0.000167. The van der Waals surface area contributed by atoms with Gasteiger partial charge in [-0.1, -0.05) is 0 Å². The fraction of sp³-hybridized carbons (Fsp3) is 0.921. The number of hydrogen-bond donors (Lipinski definition) is 4. The number of rotatable bonds is 5. The third-order valence-corrected chi connectivity index (χ3v) is 14.7. The van der Waals surface area contributed by atoms with Crippen LogP contribution in [0.4, 0.5) is 14.4 Å². The maximum Gasteiger partial charge on any atom is 0.410 e. The zero-order valence-corrected chi connectivity index (χ0v) is 32.3. The van der Waals surface area contributed by atoms with Crippen molar-refractivity contribution < 1.29 is 27.5 Å². The molecule has 10 aliphatic rings. The molecule has 0 aromatic rings. The van der Waals surface area contributed by atoms with Crippen molar-refractivity contribution in [2.24, 2.45) is 35.5 Å². The summed E-state index contributed by atoms with van der Waals surface area (Å²) in [6, 6.07) is -0.229. The Hall–Kier alpha value is -2.28. The van der Waals surface area contributed by atoms with Crippen LogP contribution in [-0.2, 0) is 14.8 Å². The van der Waals surface area contributed by atoms with Gasteiger partial charge >= 0.3 is 18.2 Å². The van der Waals surface area contributed by atoms with Crippen molar-refractivity contribution in [1.82, 2.24) is 30.5 Å². The van der Waals surface area contributed by atoms with Crippen molar-refractivity contribution in [3.05, 3.63) is 0 Å². The van der Waals surface area contributed by atoms with Crippen LogP contribution in [0.15, 0.2) is 0 Å². The van der Waals surface area contributed by atoms with Gasteiger partial charge in [0.1, 0.15) is 5.60 Å². The van der Waals surface area contributed by atoms with E-state index in [1.807, 2.05) is 20.8 Å². The second-order valence-electron chi connectivity index (χ2n) is 19.3. The third-order valence-electron chi connectivity index (χ3n) is 13.4. The predicted octanol–water partition coefficient (Wildman–Crippen LogP) is 5.33. The number of hydrogen-bond acceptors (Lipinski definition) is 6. The van der Waals surface area contributed by atoms with Gasteiger partial charge in [-0.05, 0) is 159 Å². The molecule has 4 N–H and O–H groups in total. The molecule has 0 spiro atoms. The largest absolute Gasteiger partial charge is 0.444 e. The van der Waals surface area contributed by atoms with E-state index < -0.39 is 15.6 Å². The molecule has 10 fully saturated rings. The molecule has 0 aromatic heterocycles.